The van der Waals surface area contributed by atoms with E-state index in [1.807, 2.05) is 54.9 Å². The standard InChI is InChI=1S/C19H21Cl2N5O/c1-3-22-19(24-11-15-9-16(20)17(21)26(15)2)23-10-14-12-27-18(25-14)13-7-5-4-6-8-13/h4-9,12H,3,10-11H2,1-2H3,(H2,22,23,24). The van der Waals surface area contributed by atoms with E-state index in [0.717, 1.165) is 23.5 Å². The fourth-order valence-electron chi connectivity index (χ4n) is 2.53. The minimum absolute atomic E-state index is 0.403. The number of rotatable bonds is 6. The summed E-state index contributed by atoms with van der Waals surface area (Å²) in [5.74, 6) is 1.27. The van der Waals surface area contributed by atoms with Gasteiger partial charge in [-0.3, -0.25) is 0 Å². The molecule has 0 aliphatic heterocycles. The zero-order valence-corrected chi connectivity index (χ0v) is 16.7. The molecule has 0 radical (unpaired) electrons. The van der Waals surface area contributed by atoms with Crippen LogP contribution in [0.1, 0.15) is 18.3 Å². The summed E-state index contributed by atoms with van der Waals surface area (Å²) in [5.41, 5.74) is 2.66. The molecule has 0 aliphatic carbocycles. The zero-order chi connectivity index (χ0) is 19.2. The van der Waals surface area contributed by atoms with E-state index >= 15 is 0 Å². The summed E-state index contributed by atoms with van der Waals surface area (Å²) in [7, 11) is 1.87. The van der Waals surface area contributed by atoms with Gasteiger partial charge in [-0.2, -0.15) is 0 Å². The average molecular weight is 406 g/mol. The topological polar surface area (TPSA) is 67.4 Å². The molecule has 2 aromatic heterocycles. The van der Waals surface area contributed by atoms with E-state index in [2.05, 4.69) is 20.6 Å². The number of nitrogens with one attached hydrogen (secondary N) is 2. The second kappa shape index (κ2) is 8.97. The largest absolute Gasteiger partial charge is 0.444 e. The third kappa shape index (κ3) is 4.84. The molecule has 0 unspecified atom stereocenters. The van der Waals surface area contributed by atoms with E-state index in [9.17, 15) is 0 Å². The highest BCUT2D eigenvalue weighted by Gasteiger charge is 2.10. The minimum atomic E-state index is 0.403. The Morgan fingerprint density at radius 1 is 1.22 bits per heavy atom. The lowest BCUT2D eigenvalue weighted by Gasteiger charge is -2.11. The molecule has 0 saturated carbocycles. The Morgan fingerprint density at radius 2 is 2.00 bits per heavy atom. The first-order valence-corrected chi connectivity index (χ1v) is 9.35. The van der Waals surface area contributed by atoms with Crippen LogP contribution in [0, 0.1) is 0 Å². The van der Waals surface area contributed by atoms with Gasteiger partial charge in [0.25, 0.3) is 0 Å². The minimum Gasteiger partial charge on any atom is -0.444 e. The summed E-state index contributed by atoms with van der Waals surface area (Å²) < 4.78 is 7.39. The number of benzene rings is 1. The Balaban J connectivity index is 1.65. The monoisotopic (exact) mass is 405 g/mol. The first-order valence-electron chi connectivity index (χ1n) is 8.60. The molecule has 3 rings (SSSR count). The predicted molar refractivity (Wildman–Crippen MR) is 109 cm³/mol. The number of hydrogen-bond acceptors (Lipinski definition) is 3. The van der Waals surface area contributed by atoms with Crippen LogP contribution in [0.4, 0.5) is 0 Å². The van der Waals surface area contributed by atoms with Gasteiger partial charge in [0.1, 0.15) is 17.1 Å². The van der Waals surface area contributed by atoms with Crippen molar-refractivity contribution < 1.29 is 4.42 Å². The lowest BCUT2D eigenvalue weighted by molar-refractivity contribution is 0.572. The van der Waals surface area contributed by atoms with Gasteiger partial charge in [-0.15, -0.1) is 0 Å². The van der Waals surface area contributed by atoms with Gasteiger partial charge in [0.2, 0.25) is 5.89 Å². The highest BCUT2D eigenvalue weighted by molar-refractivity contribution is 6.41. The summed E-state index contributed by atoms with van der Waals surface area (Å²) >= 11 is 12.2. The Hall–Kier alpha value is -2.44. The van der Waals surface area contributed by atoms with E-state index in [1.165, 1.54) is 0 Å². The van der Waals surface area contributed by atoms with Gasteiger partial charge in [0.05, 0.1) is 18.1 Å². The summed E-state index contributed by atoms with van der Waals surface area (Å²) in [6.45, 7) is 3.70. The molecule has 1 aromatic carbocycles. The van der Waals surface area contributed by atoms with Crippen LogP contribution in [0.5, 0.6) is 0 Å². The van der Waals surface area contributed by atoms with Crippen LogP contribution in [-0.2, 0) is 20.1 Å². The van der Waals surface area contributed by atoms with Gasteiger partial charge >= 0.3 is 0 Å². The maximum absolute atomic E-state index is 6.11. The second-order valence-electron chi connectivity index (χ2n) is 5.89. The molecule has 2 heterocycles. The molecule has 0 aliphatic rings. The predicted octanol–water partition coefficient (Wildman–Crippen LogP) is 4.24. The van der Waals surface area contributed by atoms with E-state index in [1.54, 1.807) is 6.26 Å². The molecule has 0 atom stereocenters. The fraction of sp³-hybridized carbons (Fsp3) is 0.263. The highest BCUT2D eigenvalue weighted by atomic mass is 35.5. The molecular formula is C19H21Cl2N5O. The Labute approximate surface area is 168 Å². The van der Waals surface area contributed by atoms with Gasteiger partial charge in [0.15, 0.2) is 5.96 Å². The van der Waals surface area contributed by atoms with Crippen molar-refractivity contribution in [3.8, 4) is 11.5 Å². The number of halogens is 2. The maximum atomic E-state index is 6.11. The van der Waals surface area contributed by atoms with Gasteiger partial charge in [-0.25, -0.2) is 9.98 Å². The van der Waals surface area contributed by atoms with E-state index < -0.39 is 0 Å². The number of oxazole rings is 1. The van der Waals surface area contributed by atoms with Crippen LogP contribution in [0.3, 0.4) is 0 Å². The van der Waals surface area contributed by atoms with Crippen molar-refractivity contribution in [3.05, 3.63) is 64.2 Å². The molecule has 0 bridgehead atoms. The number of hydrogen-bond donors (Lipinski definition) is 2. The van der Waals surface area contributed by atoms with Crippen molar-refractivity contribution in [1.29, 1.82) is 0 Å². The quantitative estimate of drug-likeness (QED) is 0.475. The Bertz CT molecular complexity index is 918. The van der Waals surface area contributed by atoms with Crippen LogP contribution >= 0.6 is 23.2 Å². The van der Waals surface area contributed by atoms with Crippen LogP contribution in [0.25, 0.3) is 11.5 Å². The van der Waals surface area contributed by atoms with Crippen molar-refractivity contribution in [2.45, 2.75) is 20.0 Å². The lowest BCUT2D eigenvalue weighted by Crippen LogP contribution is -2.37. The number of guanidine groups is 1. The summed E-state index contributed by atoms with van der Waals surface area (Å²) in [6.07, 6.45) is 1.63. The normalized spacial score (nSPS) is 11.6. The SMILES string of the molecule is CCNC(=NCc1coc(-c2ccccc2)n1)NCc1cc(Cl)c(Cl)n1C. The summed E-state index contributed by atoms with van der Waals surface area (Å²) in [6, 6.07) is 11.6. The van der Waals surface area contributed by atoms with E-state index in [-0.39, 0.29) is 0 Å². The van der Waals surface area contributed by atoms with Crippen molar-refractivity contribution in [2.75, 3.05) is 6.54 Å². The molecule has 0 saturated heterocycles. The van der Waals surface area contributed by atoms with E-state index in [4.69, 9.17) is 27.6 Å². The van der Waals surface area contributed by atoms with Crippen molar-refractivity contribution in [1.82, 2.24) is 20.2 Å². The molecule has 0 amide bonds. The van der Waals surface area contributed by atoms with Crippen molar-refractivity contribution in [3.63, 3.8) is 0 Å². The second-order valence-corrected chi connectivity index (χ2v) is 6.66. The Morgan fingerprint density at radius 3 is 2.67 bits per heavy atom. The van der Waals surface area contributed by atoms with Gasteiger partial charge in [-0.1, -0.05) is 41.4 Å². The molecule has 142 valence electrons. The van der Waals surface area contributed by atoms with Crippen LogP contribution in [0.15, 0.2) is 52.1 Å². The highest BCUT2D eigenvalue weighted by Crippen LogP contribution is 2.25. The number of aliphatic imine (C=N–C) groups is 1. The molecule has 27 heavy (non-hydrogen) atoms. The maximum Gasteiger partial charge on any atom is 0.226 e. The van der Waals surface area contributed by atoms with Crippen LogP contribution < -0.4 is 10.6 Å². The fourth-order valence-corrected chi connectivity index (χ4v) is 2.94. The smallest absolute Gasteiger partial charge is 0.226 e. The molecule has 0 spiro atoms. The molecule has 8 heteroatoms. The average Bonchev–Trinajstić information content (AvgIpc) is 3.25. The first-order chi connectivity index (χ1) is 13.1. The summed E-state index contributed by atoms with van der Waals surface area (Å²) in [4.78, 5) is 9.05. The molecule has 0 fully saturated rings. The molecular weight excluding hydrogens is 385 g/mol. The third-order valence-corrected chi connectivity index (χ3v) is 4.81. The lowest BCUT2D eigenvalue weighted by atomic mass is 10.2. The molecule has 3 aromatic rings. The molecule has 6 nitrogen and oxygen atoms in total. The van der Waals surface area contributed by atoms with Gasteiger partial charge < -0.3 is 19.6 Å². The Kier molecular flexibility index (Phi) is 6.42. The van der Waals surface area contributed by atoms with Gasteiger partial charge in [0, 0.05) is 24.8 Å². The number of aromatic nitrogens is 2. The van der Waals surface area contributed by atoms with Gasteiger partial charge in [-0.05, 0) is 25.1 Å². The first kappa shape index (κ1) is 19.3. The summed E-state index contributed by atoms with van der Waals surface area (Å²) in [5, 5.41) is 7.53. The van der Waals surface area contributed by atoms with Crippen molar-refractivity contribution >= 4 is 29.2 Å². The van der Waals surface area contributed by atoms with Crippen molar-refractivity contribution in [2.24, 2.45) is 12.0 Å². The zero-order valence-electron chi connectivity index (χ0n) is 15.2. The van der Waals surface area contributed by atoms with Crippen LogP contribution in [-0.4, -0.2) is 22.1 Å². The van der Waals surface area contributed by atoms with E-state index in [0.29, 0.717) is 35.1 Å². The molecule has 2 N–H and O–H groups in total. The number of nitrogens with zero attached hydrogens (tertiary/aromatic N) is 3. The van der Waals surface area contributed by atoms with Crippen LogP contribution in [0.2, 0.25) is 10.2 Å². The third-order valence-electron chi connectivity index (χ3n) is 3.97.